The van der Waals surface area contributed by atoms with Crippen molar-refractivity contribution in [1.29, 1.82) is 0 Å². The topological polar surface area (TPSA) is 0 Å². The maximum atomic E-state index is 2.67. The molecule has 0 N–H and O–H groups in total. The first-order chi connectivity index (χ1) is 27.1. The maximum absolute atomic E-state index is 3.20. The number of hydrogen-bond donors (Lipinski definition) is 0. The summed E-state index contributed by atoms with van der Waals surface area (Å²) in [4.78, 5) is 0. The van der Waals surface area contributed by atoms with Crippen LogP contribution in [-0.2, 0) is 38.5 Å². The van der Waals surface area contributed by atoms with Crippen LogP contribution in [-0.4, -0.2) is 3.21 Å². The molecule has 2 aliphatic rings. The van der Waals surface area contributed by atoms with Crippen LogP contribution in [0.4, 0.5) is 0 Å². The summed E-state index contributed by atoms with van der Waals surface area (Å²) >= 11 is -3.20. The van der Waals surface area contributed by atoms with Crippen molar-refractivity contribution in [2.75, 3.05) is 0 Å². The van der Waals surface area contributed by atoms with Crippen molar-refractivity contribution in [3.8, 4) is 33.4 Å². The van der Waals surface area contributed by atoms with Crippen molar-refractivity contribution in [3.63, 3.8) is 0 Å². The molecule has 2 aliphatic carbocycles. The van der Waals surface area contributed by atoms with Crippen LogP contribution in [0, 0.1) is 11.3 Å². The molecule has 0 bridgehead atoms. The second-order valence-electron chi connectivity index (χ2n) is 19.4. The van der Waals surface area contributed by atoms with Crippen LogP contribution >= 0.6 is 0 Å². The summed E-state index contributed by atoms with van der Waals surface area (Å²) in [6.07, 6.45) is 6.20. The first-order valence-electron chi connectivity index (χ1n) is 20.9. The average molecular weight is 893 g/mol. The Bertz CT molecular complexity index is 2520. The number of allylic oxidation sites excluding steroid dienone is 4. The molecule has 0 nitrogen and oxygen atoms in total. The largest absolute Gasteiger partial charge is 1.00 e. The Labute approximate surface area is 374 Å². The van der Waals surface area contributed by atoms with Crippen LogP contribution in [0.25, 0.3) is 33.4 Å². The van der Waals surface area contributed by atoms with Gasteiger partial charge in [-0.1, -0.05) is 0 Å². The SMILES string of the molecule is CC1C=C(C(C)(C)C)C=[C]1[Zr+2](=[C](c1ccccc1)c1ccccc1)[c]1c2c(cc(C(C)(C)C)c1-c1ccccc1)-c1cc(C(C)(C)C)c(-c3ccccc3)cc1C2.[Cl-].[Cl-]. The number of benzene rings is 6. The number of halogens is 2. The summed E-state index contributed by atoms with van der Waals surface area (Å²) in [5.74, 6) is 0.356. The minimum Gasteiger partial charge on any atom is -1.00 e. The van der Waals surface area contributed by atoms with Gasteiger partial charge in [-0.2, -0.15) is 0 Å². The summed E-state index contributed by atoms with van der Waals surface area (Å²) in [7, 11) is 0. The summed E-state index contributed by atoms with van der Waals surface area (Å²) in [6.45, 7) is 24.0. The van der Waals surface area contributed by atoms with E-state index < -0.39 is 21.3 Å². The zero-order valence-corrected chi connectivity index (χ0v) is 40.4. The van der Waals surface area contributed by atoms with Gasteiger partial charge in [0.1, 0.15) is 0 Å². The van der Waals surface area contributed by atoms with Crippen LogP contribution < -0.4 is 28.1 Å². The second kappa shape index (κ2) is 17.2. The molecule has 0 amide bonds. The molecule has 0 aromatic heterocycles. The van der Waals surface area contributed by atoms with Crippen molar-refractivity contribution >= 4 is 6.48 Å². The summed E-state index contributed by atoms with van der Waals surface area (Å²) < 4.78 is 4.90. The predicted octanol–water partition coefficient (Wildman–Crippen LogP) is 8.21. The van der Waals surface area contributed by atoms with Gasteiger partial charge in [-0.15, -0.1) is 0 Å². The van der Waals surface area contributed by atoms with Gasteiger partial charge < -0.3 is 24.8 Å². The first-order valence-corrected chi connectivity index (χ1v) is 24.6. The van der Waals surface area contributed by atoms with Crippen molar-refractivity contribution in [2.45, 2.75) is 86.5 Å². The van der Waals surface area contributed by atoms with Crippen LogP contribution in [0.5, 0.6) is 0 Å². The molecule has 0 radical (unpaired) electrons. The molecule has 0 saturated heterocycles. The molecular formula is C56H58Cl2Zr. The van der Waals surface area contributed by atoms with E-state index in [4.69, 9.17) is 0 Å². The molecule has 3 heteroatoms. The van der Waals surface area contributed by atoms with Gasteiger partial charge in [-0.05, 0) is 0 Å². The Morgan fingerprint density at radius 2 is 1.00 bits per heavy atom. The molecule has 6 aromatic carbocycles. The van der Waals surface area contributed by atoms with Crippen LogP contribution in [0.2, 0.25) is 0 Å². The molecule has 0 aliphatic heterocycles. The Balaban J connectivity index is 0.00000293. The number of fused-ring (bicyclic) bond motifs is 3. The van der Waals surface area contributed by atoms with Gasteiger partial charge in [-0.3, -0.25) is 0 Å². The molecular weight excluding hydrogens is 835 g/mol. The molecule has 1 atom stereocenters. The normalized spacial score (nSPS) is 14.5. The van der Waals surface area contributed by atoms with Crippen LogP contribution in [0.1, 0.15) is 103 Å². The summed E-state index contributed by atoms with van der Waals surface area (Å²) in [5, 5.41) is 0. The average Bonchev–Trinajstić information content (AvgIpc) is 3.76. The minimum absolute atomic E-state index is 0. The van der Waals surface area contributed by atoms with Crippen molar-refractivity contribution in [2.24, 2.45) is 11.3 Å². The molecule has 6 aromatic rings. The van der Waals surface area contributed by atoms with Gasteiger partial charge in [0.25, 0.3) is 0 Å². The molecule has 59 heavy (non-hydrogen) atoms. The van der Waals surface area contributed by atoms with Gasteiger partial charge >= 0.3 is 353 Å². The molecule has 1 unspecified atom stereocenters. The van der Waals surface area contributed by atoms with E-state index in [0.29, 0.717) is 5.92 Å². The monoisotopic (exact) mass is 890 g/mol. The van der Waals surface area contributed by atoms with Gasteiger partial charge in [0.05, 0.1) is 0 Å². The van der Waals surface area contributed by atoms with E-state index in [1.807, 2.05) is 0 Å². The smallest absolute Gasteiger partial charge is 1.00 e. The number of rotatable bonds is 6. The quantitative estimate of drug-likeness (QED) is 0.158. The summed E-state index contributed by atoms with van der Waals surface area (Å²) in [6, 6.07) is 53.1. The molecule has 8 rings (SSSR count). The molecule has 0 saturated carbocycles. The van der Waals surface area contributed by atoms with Gasteiger partial charge in [0, 0.05) is 0 Å². The van der Waals surface area contributed by atoms with Crippen LogP contribution in [0.3, 0.4) is 0 Å². The Kier molecular flexibility index (Phi) is 13.1. The Hall–Kier alpha value is -3.87. The van der Waals surface area contributed by atoms with Gasteiger partial charge in [0.2, 0.25) is 0 Å². The Morgan fingerprint density at radius 1 is 0.525 bits per heavy atom. The zero-order chi connectivity index (χ0) is 40.3. The predicted molar refractivity (Wildman–Crippen MR) is 243 cm³/mol. The van der Waals surface area contributed by atoms with E-state index >= 15 is 0 Å². The van der Waals surface area contributed by atoms with Crippen molar-refractivity contribution < 1.29 is 46.1 Å². The number of hydrogen-bond acceptors (Lipinski definition) is 0. The van der Waals surface area contributed by atoms with Gasteiger partial charge in [0.15, 0.2) is 0 Å². The van der Waals surface area contributed by atoms with Gasteiger partial charge in [-0.25, -0.2) is 0 Å². The first kappa shape index (κ1) is 44.7. The standard InChI is InChI=1S/C33H33.C13H10.C10H15.2ClH.Zr/c1-32(2,3)30-20-26-24(18-28(30)22-13-9-7-10-14-22)17-25-19-29(23-15-11-8-12-16-23)31(21-27(25)26)33(4,5)6;1-3-7-12(8-4-1)11-13-9-5-2-6-10-13;1-8-5-6-9(7-8)10(2,3)4;;;/h7-16,18,20-21H,17H2,1-6H3;1-10H;6-8H,1-4H3;2*1H;/q;;;;;+2/p-2. The third-order valence-corrected chi connectivity index (χ3v) is 20.2. The fourth-order valence-corrected chi connectivity index (χ4v) is 18.1. The third-order valence-electron chi connectivity index (χ3n) is 12.1. The zero-order valence-electron chi connectivity index (χ0n) is 36.5. The van der Waals surface area contributed by atoms with E-state index in [1.165, 1.54) is 66.8 Å². The third kappa shape index (κ3) is 8.69. The van der Waals surface area contributed by atoms with E-state index in [0.717, 1.165) is 6.42 Å². The van der Waals surface area contributed by atoms with Crippen molar-refractivity contribution in [3.05, 3.63) is 194 Å². The fraction of sp³-hybridized carbons (Fsp3) is 0.268. The minimum atomic E-state index is -3.20. The van der Waals surface area contributed by atoms with E-state index in [1.54, 1.807) is 15.3 Å². The second-order valence-corrected chi connectivity index (χ2v) is 25.1. The Morgan fingerprint density at radius 3 is 1.47 bits per heavy atom. The molecule has 0 heterocycles. The summed E-state index contributed by atoms with van der Waals surface area (Å²) in [5.41, 5.74) is 18.4. The molecule has 300 valence electrons. The van der Waals surface area contributed by atoms with E-state index in [9.17, 15) is 0 Å². The van der Waals surface area contributed by atoms with E-state index in [2.05, 4.69) is 221 Å². The van der Waals surface area contributed by atoms with E-state index in [-0.39, 0.29) is 41.1 Å². The van der Waals surface area contributed by atoms with Crippen LogP contribution in [0.15, 0.2) is 161 Å². The molecule has 0 fully saturated rings. The fourth-order valence-electron chi connectivity index (χ4n) is 9.18. The van der Waals surface area contributed by atoms with Crippen molar-refractivity contribution in [1.82, 2.24) is 0 Å². The molecule has 0 spiro atoms. The maximum Gasteiger partial charge on any atom is -1.00 e.